The van der Waals surface area contributed by atoms with Gasteiger partial charge in [-0.15, -0.1) is 0 Å². The number of hydrogen-bond donors (Lipinski definition) is 1. The van der Waals surface area contributed by atoms with Gasteiger partial charge in [-0.05, 0) is 50.1 Å². The van der Waals surface area contributed by atoms with E-state index < -0.39 is 18.0 Å². The van der Waals surface area contributed by atoms with E-state index in [1.54, 1.807) is 24.3 Å². The van der Waals surface area contributed by atoms with Crippen LogP contribution in [0.2, 0.25) is 5.02 Å². The number of anilines is 1. The Balaban J connectivity index is 2.01. The van der Waals surface area contributed by atoms with Crippen molar-refractivity contribution in [3.63, 3.8) is 0 Å². The highest BCUT2D eigenvalue weighted by Crippen LogP contribution is 2.20. The summed E-state index contributed by atoms with van der Waals surface area (Å²) < 4.78 is 5.22. The van der Waals surface area contributed by atoms with Crippen molar-refractivity contribution in [1.82, 2.24) is 0 Å². The van der Waals surface area contributed by atoms with Gasteiger partial charge in [-0.1, -0.05) is 35.9 Å². The number of aryl methyl sites for hydroxylation is 2. The number of benzene rings is 2. The fourth-order valence-corrected chi connectivity index (χ4v) is 2.17. The number of esters is 1. The van der Waals surface area contributed by atoms with Gasteiger partial charge >= 0.3 is 5.97 Å². The molecule has 23 heavy (non-hydrogen) atoms. The molecule has 1 atom stereocenters. The molecule has 0 radical (unpaired) electrons. The molecule has 0 aliphatic carbocycles. The highest BCUT2D eigenvalue weighted by Gasteiger charge is 2.20. The summed E-state index contributed by atoms with van der Waals surface area (Å²) >= 11 is 6.02. The molecule has 0 fully saturated rings. The maximum absolute atomic E-state index is 12.1. The van der Waals surface area contributed by atoms with E-state index in [2.05, 4.69) is 5.32 Å². The molecule has 0 aliphatic rings. The number of carbonyl (C=O) groups is 2. The Morgan fingerprint density at radius 3 is 2.43 bits per heavy atom. The third-order valence-electron chi connectivity index (χ3n) is 3.46. The van der Waals surface area contributed by atoms with Crippen LogP contribution in [0.4, 0.5) is 5.69 Å². The number of amides is 1. The molecule has 0 aliphatic heterocycles. The number of halogens is 1. The summed E-state index contributed by atoms with van der Waals surface area (Å²) in [7, 11) is 0. The normalized spacial score (nSPS) is 11.7. The smallest absolute Gasteiger partial charge is 0.339 e. The highest BCUT2D eigenvalue weighted by molar-refractivity contribution is 6.31. The van der Waals surface area contributed by atoms with Crippen molar-refractivity contribution in [2.45, 2.75) is 26.9 Å². The minimum Gasteiger partial charge on any atom is -0.449 e. The van der Waals surface area contributed by atoms with Gasteiger partial charge in [-0.2, -0.15) is 0 Å². The zero-order valence-electron chi connectivity index (χ0n) is 13.2. The molecule has 1 amide bonds. The van der Waals surface area contributed by atoms with Gasteiger partial charge in [0.25, 0.3) is 5.91 Å². The molecule has 0 aromatic heterocycles. The summed E-state index contributed by atoms with van der Waals surface area (Å²) in [5, 5.41) is 3.24. The minimum atomic E-state index is -0.915. The van der Waals surface area contributed by atoms with E-state index in [0.717, 1.165) is 11.1 Å². The second kappa shape index (κ2) is 7.29. The SMILES string of the molecule is Cc1ccc(NC(=O)[C@@H](C)OC(=O)c2ccccc2C)cc1Cl. The minimum absolute atomic E-state index is 0.410. The molecule has 5 heteroatoms. The van der Waals surface area contributed by atoms with Crippen molar-refractivity contribution in [2.75, 3.05) is 5.32 Å². The van der Waals surface area contributed by atoms with Crippen LogP contribution in [-0.2, 0) is 9.53 Å². The molecule has 2 rings (SSSR count). The van der Waals surface area contributed by atoms with Crippen LogP contribution >= 0.6 is 11.6 Å². The summed E-state index contributed by atoms with van der Waals surface area (Å²) in [6.07, 6.45) is -0.915. The summed E-state index contributed by atoms with van der Waals surface area (Å²) in [6.45, 7) is 5.22. The van der Waals surface area contributed by atoms with Gasteiger partial charge in [0.05, 0.1) is 5.56 Å². The van der Waals surface area contributed by atoms with Crippen LogP contribution in [0.5, 0.6) is 0 Å². The molecule has 1 N–H and O–H groups in total. The van der Waals surface area contributed by atoms with Gasteiger partial charge < -0.3 is 10.1 Å². The first-order valence-corrected chi connectivity index (χ1v) is 7.60. The van der Waals surface area contributed by atoms with Crippen molar-refractivity contribution < 1.29 is 14.3 Å². The number of ether oxygens (including phenoxy) is 1. The molecule has 0 spiro atoms. The molecular weight excluding hydrogens is 314 g/mol. The topological polar surface area (TPSA) is 55.4 Å². The predicted molar refractivity (Wildman–Crippen MR) is 90.9 cm³/mol. The summed E-state index contributed by atoms with van der Waals surface area (Å²) in [5.74, 6) is -0.931. The number of nitrogens with one attached hydrogen (secondary N) is 1. The Morgan fingerprint density at radius 2 is 1.78 bits per heavy atom. The predicted octanol–water partition coefficient (Wildman–Crippen LogP) is 4.14. The van der Waals surface area contributed by atoms with Crippen LogP contribution < -0.4 is 5.32 Å². The van der Waals surface area contributed by atoms with Crippen molar-refractivity contribution in [3.8, 4) is 0 Å². The Hall–Kier alpha value is -2.33. The van der Waals surface area contributed by atoms with E-state index in [0.29, 0.717) is 16.3 Å². The first kappa shape index (κ1) is 17.0. The third kappa shape index (κ3) is 4.33. The lowest BCUT2D eigenvalue weighted by Gasteiger charge is -2.14. The highest BCUT2D eigenvalue weighted by atomic mass is 35.5. The monoisotopic (exact) mass is 331 g/mol. The summed E-state index contributed by atoms with van der Waals surface area (Å²) in [4.78, 5) is 24.2. The standard InChI is InChI=1S/C18H18ClNO3/c1-11-6-4-5-7-15(11)18(22)23-13(3)17(21)20-14-9-8-12(2)16(19)10-14/h4-10,13H,1-3H3,(H,20,21)/t13-/m1/s1. The van der Waals surface area contributed by atoms with Crippen LogP contribution in [0.1, 0.15) is 28.4 Å². The first-order chi connectivity index (χ1) is 10.9. The lowest BCUT2D eigenvalue weighted by molar-refractivity contribution is -0.123. The van der Waals surface area contributed by atoms with Crippen LogP contribution in [0.15, 0.2) is 42.5 Å². The van der Waals surface area contributed by atoms with Crippen molar-refractivity contribution in [1.29, 1.82) is 0 Å². The maximum atomic E-state index is 12.1. The van der Waals surface area contributed by atoms with Crippen LogP contribution in [0, 0.1) is 13.8 Å². The molecule has 0 unspecified atom stereocenters. The van der Waals surface area contributed by atoms with E-state index in [-0.39, 0.29) is 0 Å². The molecule has 2 aromatic carbocycles. The van der Waals surface area contributed by atoms with Gasteiger partial charge in [0.1, 0.15) is 0 Å². The van der Waals surface area contributed by atoms with E-state index in [4.69, 9.17) is 16.3 Å². The fraction of sp³-hybridized carbons (Fsp3) is 0.222. The number of carbonyl (C=O) groups excluding carboxylic acids is 2. The molecule has 0 saturated heterocycles. The lowest BCUT2D eigenvalue weighted by atomic mass is 10.1. The van der Waals surface area contributed by atoms with E-state index in [1.165, 1.54) is 6.92 Å². The quantitative estimate of drug-likeness (QED) is 0.857. The zero-order chi connectivity index (χ0) is 17.0. The number of rotatable bonds is 4. The van der Waals surface area contributed by atoms with Gasteiger partial charge in [0.15, 0.2) is 6.10 Å². The zero-order valence-corrected chi connectivity index (χ0v) is 14.0. The molecule has 0 saturated carbocycles. The Kier molecular flexibility index (Phi) is 5.40. The molecule has 2 aromatic rings. The van der Waals surface area contributed by atoms with Crippen molar-refractivity contribution in [3.05, 3.63) is 64.2 Å². The van der Waals surface area contributed by atoms with Gasteiger partial charge in [0, 0.05) is 10.7 Å². The molecule has 4 nitrogen and oxygen atoms in total. The molecule has 120 valence electrons. The van der Waals surface area contributed by atoms with E-state index in [9.17, 15) is 9.59 Å². The van der Waals surface area contributed by atoms with Gasteiger partial charge in [0.2, 0.25) is 0 Å². The second-order valence-corrected chi connectivity index (χ2v) is 5.72. The Bertz CT molecular complexity index is 743. The number of hydrogen-bond acceptors (Lipinski definition) is 3. The average molecular weight is 332 g/mol. The molecular formula is C18H18ClNO3. The van der Waals surface area contributed by atoms with Gasteiger partial charge in [-0.25, -0.2) is 4.79 Å². The van der Waals surface area contributed by atoms with Gasteiger partial charge in [-0.3, -0.25) is 4.79 Å². The first-order valence-electron chi connectivity index (χ1n) is 7.22. The van der Waals surface area contributed by atoms with E-state index >= 15 is 0 Å². The van der Waals surface area contributed by atoms with Crippen molar-refractivity contribution in [2.24, 2.45) is 0 Å². The van der Waals surface area contributed by atoms with Crippen LogP contribution in [0.3, 0.4) is 0 Å². The third-order valence-corrected chi connectivity index (χ3v) is 3.86. The fourth-order valence-electron chi connectivity index (χ4n) is 1.99. The Labute approximate surface area is 140 Å². The summed E-state index contributed by atoms with van der Waals surface area (Å²) in [5.41, 5.74) is 2.73. The molecule has 0 bridgehead atoms. The van der Waals surface area contributed by atoms with E-state index in [1.807, 2.05) is 32.0 Å². The van der Waals surface area contributed by atoms with Crippen LogP contribution in [0.25, 0.3) is 0 Å². The largest absolute Gasteiger partial charge is 0.449 e. The average Bonchev–Trinajstić information content (AvgIpc) is 2.51. The Morgan fingerprint density at radius 1 is 1.09 bits per heavy atom. The molecule has 0 heterocycles. The second-order valence-electron chi connectivity index (χ2n) is 5.32. The van der Waals surface area contributed by atoms with Crippen LogP contribution in [-0.4, -0.2) is 18.0 Å². The maximum Gasteiger partial charge on any atom is 0.339 e. The van der Waals surface area contributed by atoms with Crippen molar-refractivity contribution >= 4 is 29.2 Å². The lowest BCUT2D eigenvalue weighted by Crippen LogP contribution is -2.30. The summed E-state index contributed by atoms with van der Waals surface area (Å²) in [6, 6.07) is 12.3.